The van der Waals surface area contributed by atoms with Crippen molar-refractivity contribution in [2.24, 2.45) is 0 Å². The number of aromatic nitrogens is 2. The van der Waals surface area contributed by atoms with E-state index in [0.717, 1.165) is 0 Å². The lowest BCUT2D eigenvalue weighted by molar-refractivity contribution is 0.0908. The molecule has 0 atom stereocenters. The number of hydrogen-bond donors (Lipinski definition) is 0. The van der Waals surface area contributed by atoms with Gasteiger partial charge >= 0.3 is 5.69 Å². The summed E-state index contributed by atoms with van der Waals surface area (Å²) < 4.78 is 14.5. The minimum absolute atomic E-state index is 0.115. The predicted octanol–water partition coefficient (Wildman–Crippen LogP) is 5.90. The highest BCUT2D eigenvalue weighted by atomic mass is 35.5. The van der Waals surface area contributed by atoms with E-state index in [1.807, 2.05) is 12.1 Å². The summed E-state index contributed by atoms with van der Waals surface area (Å²) in [5, 5.41) is 9.96. The van der Waals surface area contributed by atoms with Crippen molar-refractivity contribution < 1.29 is 14.3 Å². The third-order valence-corrected chi connectivity index (χ3v) is 5.55. The fraction of sp³-hybridized carbons (Fsp3) is 0.160. The van der Waals surface area contributed by atoms with E-state index < -0.39 is 5.69 Å². The Morgan fingerprint density at radius 2 is 1.76 bits per heavy atom. The molecule has 4 aromatic rings. The maximum atomic E-state index is 13.0. The second-order valence-corrected chi connectivity index (χ2v) is 8.21. The molecule has 172 valence electrons. The molecule has 0 saturated carbocycles. The lowest BCUT2D eigenvalue weighted by atomic mass is 10.2. The highest BCUT2D eigenvalue weighted by Gasteiger charge is 2.17. The summed E-state index contributed by atoms with van der Waals surface area (Å²) >= 11 is 12.2. The fourth-order valence-electron chi connectivity index (χ4n) is 3.56. The second kappa shape index (κ2) is 10.0. The Morgan fingerprint density at radius 3 is 2.50 bits per heavy atom. The molecule has 0 saturated heterocycles. The largest absolute Gasteiger partial charge is 0.488 e. The van der Waals surface area contributed by atoms with Crippen molar-refractivity contribution in [2.75, 3.05) is 6.61 Å². The van der Waals surface area contributed by atoms with Gasteiger partial charge in [0.2, 0.25) is 5.91 Å². The number of ether oxygens (including phenoxy) is 2. The molecule has 0 radical (unpaired) electrons. The fourth-order valence-corrected chi connectivity index (χ4v) is 3.95. The average molecular weight is 496 g/mol. The maximum Gasteiger partial charge on any atom is 0.336 e. The normalized spacial score (nSPS) is 10.8. The molecule has 0 bridgehead atoms. The predicted molar refractivity (Wildman–Crippen MR) is 130 cm³/mol. The van der Waals surface area contributed by atoms with Crippen LogP contribution in [0.5, 0.6) is 17.2 Å². The molecule has 0 N–H and O–H groups in total. The monoisotopic (exact) mass is 495 g/mol. The van der Waals surface area contributed by atoms with Gasteiger partial charge in [0.1, 0.15) is 12.4 Å². The Hall–Kier alpha value is -3.73. The summed E-state index contributed by atoms with van der Waals surface area (Å²) in [5.74, 6) is 0.817. The van der Waals surface area contributed by atoms with E-state index in [0.29, 0.717) is 43.9 Å². The average Bonchev–Trinajstić information content (AvgIpc) is 3.11. The number of rotatable bonds is 7. The molecule has 1 aromatic heterocycles. The quantitative estimate of drug-likeness (QED) is 0.318. The minimum Gasteiger partial charge on any atom is -0.488 e. The number of halogens is 2. The first-order chi connectivity index (χ1) is 16.4. The van der Waals surface area contributed by atoms with E-state index in [4.69, 9.17) is 37.9 Å². The van der Waals surface area contributed by atoms with Crippen LogP contribution in [0.25, 0.3) is 11.0 Å². The number of fused-ring (bicyclic) bond motifs is 1. The molecule has 0 fully saturated rings. The Bertz CT molecular complexity index is 1480. The Labute approximate surface area is 205 Å². The van der Waals surface area contributed by atoms with E-state index in [9.17, 15) is 9.59 Å². The van der Waals surface area contributed by atoms with Crippen molar-refractivity contribution in [3.8, 4) is 23.3 Å². The van der Waals surface area contributed by atoms with E-state index in [2.05, 4.69) is 0 Å². The molecule has 1 heterocycles. The Morgan fingerprint density at radius 1 is 1.00 bits per heavy atom. The first-order valence-corrected chi connectivity index (χ1v) is 11.2. The molecule has 0 aliphatic carbocycles. The number of carbonyl (C=O) groups excluding carboxylic acids is 1. The summed E-state index contributed by atoms with van der Waals surface area (Å²) in [6, 6.07) is 18.7. The smallest absolute Gasteiger partial charge is 0.336 e. The number of hydrogen-bond acceptors (Lipinski definition) is 5. The van der Waals surface area contributed by atoms with Gasteiger partial charge in [-0.2, -0.15) is 5.26 Å². The van der Waals surface area contributed by atoms with Crippen LogP contribution in [-0.4, -0.2) is 21.6 Å². The third-order valence-electron chi connectivity index (χ3n) is 5.09. The van der Waals surface area contributed by atoms with Crippen LogP contribution in [0.1, 0.15) is 23.7 Å². The van der Waals surface area contributed by atoms with Crippen LogP contribution in [0, 0.1) is 11.3 Å². The molecule has 0 aliphatic rings. The molecule has 0 unspecified atom stereocenters. The van der Waals surface area contributed by atoms with Gasteiger partial charge in [-0.25, -0.2) is 9.36 Å². The van der Waals surface area contributed by atoms with Gasteiger partial charge in [-0.05, 0) is 42.5 Å². The zero-order valence-electron chi connectivity index (χ0n) is 18.1. The van der Waals surface area contributed by atoms with Crippen LogP contribution in [0.4, 0.5) is 0 Å². The van der Waals surface area contributed by atoms with Gasteiger partial charge in [0, 0.05) is 22.5 Å². The molecule has 0 spiro atoms. The number of benzene rings is 3. The second-order valence-electron chi connectivity index (χ2n) is 7.33. The lowest BCUT2D eigenvalue weighted by Crippen LogP contribution is -2.29. The van der Waals surface area contributed by atoms with E-state index in [1.165, 1.54) is 15.2 Å². The van der Waals surface area contributed by atoms with Crippen molar-refractivity contribution >= 4 is 40.1 Å². The summed E-state index contributed by atoms with van der Waals surface area (Å²) in [7, 11) is 0. The molecular weight excluding hydrogens is 477 g/mol. The van der Waals surface area contributed by atoms with Gasteiger partial charge in [0.25, 0.3) is 0 Å². The molecule has 34 heavy (non-hydrogen) atoms. The first kappa shape index (κ1) is 23.4. The summed E-state index contributed by atoms with van der Waals surface area (Å²) in [6.07, 6.45) is 0.213. The van der Waals surface area contributed by atoms with E-state index in [1.54, 1.807) is 55.5 Å². The van der Waals surface area contributed by atoms with Crippen LogP contribution in [0.3, 0.4) is 0 Å². The Balaban J connectivity index is 1.58. The lowest BCUT2D eigenvalue weighted by Gasteiger charge is -2.14. The van der Waals surface area contributed by atoms with Crippen molar-refractivity contribution in [1.82, 2.24) is 9.13 Å². The van der Waals surface area contributed by atoms with Crippen LogP contribution < -0.4 is 15.2 Å². The van der Waals surface area contributed by atoms with Crippen LogP contribution in [-0.2, 0) is 6.54 Å². The molecule has 3 aromatic carbocycles. The molecule has 9 heteroatoms. The molecule has 4 rings (SSSR count). The van der Waals surface area contributed by atoms with Crippen molar-refractivity contribution in [2.45, 2.75) is 19.9 Å². The molecule has 0 amide bonds. The number of nitrogens with zero attached hydrogens (tertiary/aromatic N) is 3. The van der Waals surface area contributed by atoms with Crippen molar-refractivity contribution in [1.29, 1.82) is 5.26 Å². The number of carbonyl (C=O) groups is 1. The zero-order valence-corrected chi connectivity index (χ0v) is 19.6. The van der Waals surface area contributed by atoms with Crippen LogP contribution >= 0.6 is 23.2 Å². The van der Waals surface area contributed by atoms with Crippen molar-refractivity contribution in [3.63, 3.8) is 0 Å². The first-order valence-electron chi connectivity index (χ1n) is 10.5. The third kappa shape index (κ3) is 4.79. The highest BCUT2D eigenvalue weighted by Crippen LogP contribution is 2.35. The van der Waals surface area contributed by atoms with Crippen molar-refractivity contribution in [3.05, 3.63) is 86.8 Å². The van der Waals surface area contributed by atoms with Gasteiger partial charge in [0.05, 0.1) is 29.2 Å². The topological polar surface area (TPSA) is 86.2 Å². The maximum absolute atomic E-state index is 13.0. The summed E-state index contributed by atoms with van der Waals surface area (Å²) in [5.41, 5.74) is 1.14. The Kier molecular flexibility index (Phi) is 6.92. The van der Waals surface area contributed by atoms with Gasteiger partial charge in [0.15, 0.2) is 11.5 Å². The van der Waals surface area contributed by atoms with Gasteiger partial charge in [-0.3, -0.25) is 9.36 Å². The van der Waals surface area contributed by atoms with Crippen LogP contribution in [0.15, 0.2) is 65.5 Å². The molecular formula is C25H19Cl2N3O4. The van der Waals surface area contributed by atoms with E-state index >= 15 is 0 Å². The summed E-state index contributed by atoms with van der Waals surface area (Å²) in [4.78, 5) is 25.3. The zero-order chi connectivity index (χ0) is 24.2. The standard InChI is InChI=1S/C25H19Cl2N3O4/c1-2-24(31)30-21-6-4-3-5-20(21)29(25(30)32)9-10-33-23-14-17(26)7-8-22(23)34-19-12-16(15-28)11-18(27)13-19/h3-8,11-14H,2,9-10H2,1H3. The SMILES string of the molecule is CCC(=O)n1c(=O)n(CCOc2cc(Cl)ccc2Oc2cc(Cl)cc(C#N)c2)c2ccccc21. The summed E-state index contributed by atoms with van der Waals surface area (Å²) in [6.45, 7) is 2.03. The number of nitriles is 1. The number of imidazole rings is 1. The molecule has 0 aliphatic heterocycles. The van der Waals surface area contributed by atoms with E-state index in [-0.39, 0.29) is 25.5 Å². The van der Waals surface area contributed by atoms with Gasteiger partial charge < -0.3 is 9.47 Å². The minimum atomic E-state index is -0.415. The van der Waals surface area contributed by atoms with Gasteiger partial charge in [-0.15, -0.1) is 0 Å². The van der Waals surface area contributed by atoms with Gasteiger partial charge in [-0.1, -0.05) is 42.3 Å². The van der Waals surface area contributed by atoms with Crippen LogP contribution in [0.2, 0.25) is 10.0 Å². The highest BCUT2D eigenvalue weighted by molar-refractivity contribution is 6.31. The number of para-hydroxylation sites is 2. The molecule has 7 nitrogen and oxygen atoms in total.